The number of nitrogens with two attached hydrogens (primary N) is 2. The zero-order valence-corrected chi connectivity index (χ0v) is 26.6. The summed E-state index contributed by atoms with van der Waals surface area (Å²) in [7, 11) is 4.74. The Morgan fingerprint density at radius 2 is 1.38 bits per heavy atom. The van der Waals surface area contributed by atoms with Gasteiger partial charge in [-0.15, -0.1) is 74.4 Å². The van der Waals surface area contributed by atoms with Crippen LogP contribution in [0.15, 0.2) is 17.3 Å². The van der Waals surface area contributed by atoms with E-state index in [1.807, 2.05) is 12.1 Å². The Kier molecular flexibility index (Phi) is 26.0. The monoisotopic (exact) mass is 664 g/mol. The molecule has 1 saturated heterocycles. The maximum Gasteiger partial charge on any atom is 0.203 e. The molecule has 1 fully saturated rings. The van der Waals surface area contributed by atoms with Gasteiger partial charge in [-0.05, 0) is 30.7 Å². The SMILES string of the molecule is COc1cc(Cc2c(N)nc(SCCCN3CCNCC3)nc2N)cc(OC)c1OC.Cl.Cl.Cl.Cl.Cl.Cl. The normalized spacial score (nSPS) is 12.1. The van der Waals surface area contributed by atoms with Crippen LogP contribution in [-0.2, 0) is 6.42 Å². The molecule has 0 bridgehead atoms. The lowest BCUT2D eigenvalue weighted by molar-refractivity contribution is 0.242. The number of halogens is 6. The minimum atomic E-state index is 0. The van der Waals surface area contributed by atoms with E-state index in [4.69, 9.17) is 25.7 Å². The number of nitrogen functional groups attached to an aromatic ring is 2. The molecule has 3 rings (SSSR count). The van der Waals surface area contributed by atoms with Crippen molar-refractivity contribution in [3.63, 3.8) is 0 Å². The van der Waals surface area contributed by atoms with Gasteiger partial charge in [-0.1, -0.05) is 11.8 Å². The summed E-state index contributed by atoms with van der Waals surface area (Å²) in [5.74, 6) is 3.41. The molecule has 2 aromatic rings. The molecule has 0 radical (unpaired) electrons. The summed E-state index contributed by atoms with van der Waals surface area (Å²) in [6.07, 6.45) is 1.53. The zero-order chi connectivity index (χ0) is 22.2. The van der Waals surface area contributed by atoms with E-state index >= 15 is 0 Å². The van der Waals surface area contributed by atoms with Crippen molar-refractivity contribution >= 4 is 97.8 Å². The number of methoxy groups -OCH3 is 3. The summed E-state index contributed by atoms with van der Waals surface area (Å²) >= 11 is 1.59. The van der Waals surface area contributed by atoms with Crippen LogP contribution in [0.5, 0.6) is 17.2 Å². The van der Waals surface area contributed by atoms with Crippen LogP contribution in [-0.4, -0.2) is 74.7 Å². The van der Waals surface area contributed by atoms with Crippen molar-refractivity contribution in [2.75, 3.05) is 71.3 Å². The van der Waals surface area contributed by atoms with Gasteiger partial charge in [-0.2, -0.15) is 0 Å². The van der Waals surface area contributed by atoms with Crippen molar-refractivity contribution in [2.24, 2.45) is 0 Å². The predicted molar refractivity (Wildman–Crippen MR) is 168 cm³/mol. The number of hydrogen-bond donors (Lipinski definition) is 3. The molecule has 5 N–H and O–H groups in total. The van der Waals surface area contributed by atoms with Crippen molar-refractivity contribution in [3.8, 4) is 17.2 Å². The van der Waals surface area contributed by atoms with Crippen molar-refractivity contribution in [1.29, 1.82) is 0 Å². The van der Waals surface area contributed by atoms with Crippen LogP contribution in [0.3, 0.4) is 0 Å². The molecule has 37 heavy (non-hydrogen) atoms. The number of hydrogen-bond acceptors (Lipinski definition) is 10. The van der Waals surface area contributed by atoms with Crippen LogP contribution in [0.25, 0.3) is 0 Å². The Hall–Kier alpha value is -0.690. The summed E-state index contributed by atoms with van der Waals surface area (Å²) in [5, 5.41) is 3.98. The number of piperazine rings is 1. The number of nitrogens with zero attached hydrogens (tertiary/aromatic N) is 3. The highest BCUT2D eigenvalue weighted by molar-refractivity contribution is 7.99. The smallest absolute Gasteiger partial charge is 0.203 e. The lowest BCUT2D eigenvalue weighted by Crippen LogP contribution is -2.43. The molecule has 1 aromatic heterocycles. The van der Waals surface area contributed by atoms with Crippen molar-refractivity contribution < 1.29 is 14.2 Å². The maximum atomic E-state index is 6.24. The van der Waals surface area contributed by atoms with Crippen LogP contribution < -0.4 is 31.0 Å². The molecule has 1 aliphatic rings. The number of nitrogens with one attached hydrogen (secondary N) is 1. The number of thioether (sulfide) groups is 1. The van der Waals surface area contributed by atoms with Crippen LogP contribution in [0, 0.1) is 0 Å². The van der Waals surface area contributed by atoms with Gasteiger partial charge in [0, 0.05) is 43.9 Å². The molecule has 0 spiro atoms. The highest BCUT2D eigenvalue weighted by Crippen LogP contribution is 2.39. The average molecular weight is 667 g/mol. The standard InChI is InChI=1S/C21H32N6O3S.6ClH/c1-28-16-12-14(13-17(29-2)18(16)30-3)11-15-19(22)25-21(26-20(15)23)31-10-4-7-27-8-5-24-6-9-27;;;;;;/h12-13,24H,4-11H2,1-3H3,(H4,22,23,25,26);6*1H. The summed E-state index contributed by atoms with van der Waals surface area (Å²) < 4.78 is 16.2. The molecule has 0 aliphatic carbocycles. The van der Waals surface area contributed by atoms with Crippen molar-refractivity contribution in [2.45, 2.75) is 18.0 Å². The lowest BCUT2D eigenvalue weighted by Gasteiger charge is -2.26. The first-order valence-corrected chi connectivity index (χ1v) is 11.3. The number of rotatable bonds is 10. The summed E-state index contributed by atoms with van der Waals surface area (Å²) in [5.41, 5.74) is 14.1. The van der Waals surface area contributed by atoms with Gasteiger partial charge in [-0.3, -0.25) is 0 Å². The highest BCUT2D eigenvalue weighted by atomic mass is 35.5. The number of aromatic nitrogens is 2. The molecular formula is C21H38Cl6N6O3S. The minimum Gasteiger partial charge on any atom is -0.493 e. The topological polar surface area (TPSA) is 121 Å². The Balaban J connectivity index is -0.000000907. The Bertz CT molecular complexity index is 852. The fraction of sp³-hybridized carbons (Fsp3) is 0.524. The van der Waals surface area contributed by atoms with E-state index in [2.05, 4.69) is 20.2 Å². The van der Waals surface area contributed by atoms with Crippen molar-refractivity contribution in [1.82, 2.24) is 20.2 Å². The zero-order valence-electron chi connectivity index (χ0n) is 20.9. The molecule has 16 heteroatoms. The molecule has 9 nitrogen and oxygen atoms in total. The molecule has 2 heterocycles. The predicted octanol–water partition coefficient (Wildman–Crippen LogP) is 4.18. The Morgan fingerprint density at radius 3 is 1.84 bits per heavy atom. The molecular weight excluding hydrogens is 629 g/mol. The third-order valence-corrected chi connectivity index (χ3v) is 6.15. The van der Waals surface area contributed by atoms with E-state index in [9.17, 15) is 0 Å². The van der Waals surface area contributed by atoms with E-state index in [1.165, 1.54) is 0 Å². The summed E-state index contributed by atoms with van der Waals surface area (Å²) in [6.45, 7) is 5.43. The largest absolute Gasteiger partial charge is 0.493 e. The van der Waals surface area contributed by atoms with E-state index in [-0.39, 0.29) is 74.4 Å². The van der Waals surface area contributed by atoms with E-state index < -0.39 is 0 Å². The first-order chi connectivity index (χ1) is 15.0. The summed E-state index contributed by atoms with van der Waals surface area (Å²) in [6, 6.07) is 3.75. The number of benzene rings is 1. The second kappa shape index (κ2) is 22.2. The van der Waals surface area contributed by atoms with Gasteiger partial charge in [0.1, 0.15) is 11.6 Å². The Morgan fingerprint density at radius 1 is 0.865 bits per heavy atom. The highest BCUT2D eigenvalue weighted by Gasteiger charge is 2.17. The van der Waals surface area contributed by atoms with Gasteiger partial charge < -0.3 is 35.9 Å². The third-order valence-electron chi connectivity index (χ3n) is 5.22. The second-order valence-corrected chi connectivity index (χ2v) is 8.32. The Labute approximate surface area is 260 Å². The van der Waals surface area contributed by atoms with Gasteiger partial charge in [-0.25, -0.2) is 9.97 Å². The molecule has 0 amide bonds. The lowest BCUT2D eigenvalue weighted by atomic mass is 10.0. The van der Waals surface area contributed by atoms with Gasteiger partial charge in [0.25, 0.3) is 0 Å². The van der Waals surface area contributed by atoms with E-state index in [0.717, 1.165) is 50.5 Å². The fourth-order valence-electron chi connectivity index (χ4n) is 3.57. The van der Waals surface area contributed by atoms with Crippen LogP contribution in [0.2, 0.25) is 0 Å². The minimum absolute atomic E-state index is 0. The van der Waals surface area contributed by atoms with Crippen LogP contribution in [0.4, 0.5) is 11.6 Å². The molecule has 1 aromatic carbocycles. The van der Waals surface area contributed by atoms with E-state index in [1.54, 1.807) is 33.1 Å². The van der Waals surface area contributed by atoms with Gasteiger partial charge in [0.15, 0.2) is 16.7 Å². The first-order valence-electron chi connectivity index (χ1n) is 10.3. The molecule has 218 valence electrons. The van der Waals surface area contributed by atoms with Gasteiger partial charge in [0.05, 0.1) is 21.3 Å². The molecule has 1 aliphatic heterocycles. The number of ether oxygens (including phenoxy) is 3. The van der Waals surface area contributed by atoms with Crippen LogP contribution in [0.1, 0.15) is 17.5 Å². The fourth-order valence-corrected chi connectivity index (χ4v) is 4.35. The third kappa shape index (κ3) is 12.4. The van der Waals surface area contributed by atoms with Crippen LogP contribution >= 0.6 is 86.2 Å². The van der Waals surface area contributed by atoms with Gasteiger partial charge in [0.2, 0.25) is 5.75 Å². The summed E-state index contributed by atoms with van der Waals surface area (Å²) in [4.78, 5) is 11.4. The van der Waals surface area contributed by atoms with Gasteiger partial charge >= 0.3 is 0 Å². The average Bonchev–Trinajstić information content (AvgIpc) is 2.79. The van der Waals surface area contributed by atoms with E-state index in [0.29, 0.717) is 46.0 Å². The maximum absolute atomic E-state index is 6.24. The molecule has 0 saturated carbocycles. The molecule has 0 atom stereocenters. The molecule has 0 unspecified atom stereocenters. The second-order valence-electron chi connectivity index (χ2n) is 7.26. The van der Waals surface area contributed by atoms with Crippen molar-refractivity contribution in [3.05, 3.63) is 23.3 Å². The number of anilines is 2. The first kappa shape index (κ1) is 43.4. The quantitative estimate of drug-likeness (QED) is 0.194.